The lowest BCUT2D eigenvalue weighted by Crippen LogP contribution is -2.72. The molecular weight excluding hydrogens is 689 g/mol. The number of carbonyl (C=O) groups excluding carboxylic acids is 2. The molecule has 3 heterocycles. The SMILES string of the molecule is CN1CC2(ON=C(c3ccc(Cl)cc3)[C@@H]2c2ccc(Cl)cc2)C(=O)[C@]2(C1)[C@@H](c1ccc(Cl)cc1)CN(C)[C@@]21C(=O)c2cccc3cccc1c23. The molecule has 50 heavy (non-hydrogen) atoms. The van der Waals surface area contributed by atoms with Gasteiger partial charge in [0.25, 0.3) is 0 Å². The minimum atomic E-state index is -1.48. The van der Waals surface area contributed by atoms with Crippen molar-refractivity contribution in [3.63, 3.8) is 0 Å². The van der Waals surface area contributed by atoms with Crippen molar-refractivity contribution in [2.45, 2.75) is 23.0 Å². The van der Waals surface area contributed by atoms with Crippen LogP contribution in [0.5, 0.6) is 0 Å². The summed E-state index contributed by atoms with van der Waals surface area (Å²) < 4.78 is 0. The zero-order valence-electron chi connectivity index (χ0n) is 27.4. The van der Waals surface area contributed by atoms with Gasteiger partial charge >= 0.3 is 0 Å². The number of ketones is 2. The number of oxime groups is 1. The Bertz CT molecular complexity index is 2250. The van der Waals surface area contributed by atoms with Crippen LogP contribution in [-0.2, 0) is 15.2 Å². The van der Waals surface area contributed by atoms with E-state index in [1.807, 2.05) is 123 Å². The van der Waals surface area contributed by atoms with Gasteiger partial charge in [-0.05, 0) is 78.0 Å². The minimum absolute atomic E-state index is 0.0676. The second kappa shape index (κ2) is 11.2. The Labute approximate surface area is 305 Å². The molecule has 5 atom stereocenters. The molecule has 5 aromatic rings. The van der Waals surface area contributed by atoms with E-state index in [1.165, 1.54) is 0 Å². The molecule has 0 radical (unpaired) electrons. The van der Waals surface area contributed by atoms with E-state index in [0.717, 1.165) is 33.0 Å². The van der Waals surface area contributed by atoms with Gasteiger partial charge in [-0.25, -0.2) is 0 Å². The number of nitrogens with zero attached hydrogens (tertiary/aromatic N) is 3. The largest absolute Gasteiger partial charge is 0.378 e. The monoisotopic (exact) mass is 719 g/mol. The number of benzene rings is 5. The molecule has 0 N–H and O–H groups in total. The first-order valence-electron chi connectivity index (χ1n) is 16.7. The molecule has 1 aliphatic carbocycles. The van der Waals surface area contributed by atoms with Gasteiger partial charge in [0.05, 0.1) is 17.0 Å². The number of hydrogen-bond donors (Lipinski definition) is 0. The number of rotatable bonds is 3. The summed E-state index contributed by atoms with van der Waals surface area (Å²) in [6.07, 6.45) is 0. The van der Waals surface area contributed by atoms with Gasteiger partial charge in [0.15, 0.2) is 11.6 Å². The summed E-state index contributed by atoms with van der Waals surface area (Å²) in [4.78, 5) is 42.9. The Balaban J connectivity index is 1.33. The molecule has 2 saturated heterocycles. The van der Waals surface area contributed by atoms with Crippen molar-refractivity contribution in [3.05, 3.63) is 152 Å². The average molecular weight is 721 g/mol. The maximum Gasteiger partial charge on any atom is 0.220 e. The minimum Gasteiger partial charge on any atom is -0.378 e. The fraction of sp³-hybridized carbons (Fsp3) is 0.244. The Morgan fingerprint density at radius 3 is 2.00 bits per heavy atom. The number of fused-ring (bicyclic) bond motifs is 2. The van der Waals surface area contributed by atoms with Crippen LogP contribution in [0.3, 0.4) is 0 Å². The van der Waals surface area contributed by atoms with E-state index in [2.05, 4.69) is 9.80 Å². The summed E-state index contributed by atoms with van der Waals surface area (Å²) in [5.41, 5.74) is 0.570. The van der Waals surface area contributed by atoms with Crippen molar-refractivity contribution >= 4 is 62.9 Å². The Hall–Kier alpha value is -4.04. The highest BCUT2D eigenvalue weighted by Crippen LogP contribution is 2.67. The highest BCUT2D eigenvalue weighted by Gasteiger charge is 2.79. The third-order valence-corrected chi connectivity index (χ3v) is 12.4. The molecule has 3 spiro atoms. The normalized spacial score (nSPS) is 29.1. The van der Waals surface area contributed by atoms with Gasteiger partial charge in [-0.1, -0.05) is 113 Å². The maximum atomic E-state index is 16.5. The number of carbonyl (C=O) groups is 2. The Morgan fingerprint density at radius 1 is 0.740 bits per heavy atom. The van der Waals surface area contributed by atoms with Gasteiger partial charge in [-0.15, -0.1) is 0 Å². The van der Waals surface area contributed by atoms with E-state index in [1.54, 1.807) is 0 Å². The smallest absolute Gasteiger partial charge is 0.220 e. The van der Waals surface area contributed by atoms with Gasteiger partial charge in [0, 0.05) is 51.7 Å². The highest BCUT2D eigenvalue weighted by atomic mass is 35.5. The molecule has 0 saturated carbocycles. The first-order chi connectivity index (χ1) is 24.1. The first kappa shape index (κ1) is 31.9. The van der Waals surface area contributed by atoms with Gasteiger partial charge in [-0.3, -0.25) is 14.5 Å². The van der Waals surface area contributed by atoms with Gasteiger partial charge in [0.1, 0.15) is 5.54 Å². The molecule has 0 aromatic heterocycles. The van der Waals surface area contributed by atoms with Crippen molar-refractivity contribution in [3.8, 4) is 0 Å². The van der Waals surface area contributed by atoms with Crippen LogP contribution in [0.4, 0.5) is 0 Å². The predicted octanol–water partition coefficient (Wildman–Crippen LogP) is 8.38. The summed E-state index contributed by atoms with van der Waals surface area (Å²) in [6, 6.07) is 34.6. The van der Waals surface area contributed by atoms with Crippen LogP contribution in [0.15, 0.2) is 114 Å². The van der Waals surface area contributed by atoms with E-state index in [0.29, 0.717) is 39.4 Å². The molecule has 2 fully saturated rings. The summed E-state index contributed by atoms with van der Waals surface area (Å²) >= 11 is 19.1. The van der Waals surface area contributed by atoms with Crippen LogP contribution in [0, 0.1) is 5.41 Å². The molecule has 9 heteroatoms. The summed E-state index contributed by atoms with van der Waals surface area (Å²) in [5, 5.41) is 8.40. The average Bonchev–Trinajstić information content (AvgIpc) is 3.70. The third kappa shape index (κ3) is 4.08. The number of halogens is 3. The lowest BCUT2D eigenvalue weighted by molar-refractivity contribution is -0.173. The Kier molecular flexibility index (Phi) is 7.17. The van der Waals surface area contributed by atoms with Crippen LogP contribution >= 0.6 is 34.8 Å². The molecule has 5 aromatic carbocycles. The molecule has 9 rings (SSSR count). The summed E-state index contributed by atoms with van der Waals surface area (Å²) in [6.45, 7) is 1.05. The molecule has 250 valence electrons. The second-order valence-electron chi connectivity index (χ2n) is 14.2. The molecule has 6 nitrogen and oxygen atoms in total. The zero-order chi connectivity index (χ0) is 34.6. The lowest BCUT2D eigenvalue weighted by atomic mass is 9.52. The topological polar surface area (TPSA) is 62.2 Å². The second-order valence-corrected chi connectivity index (χ2v) is 15.5. The molecule has 0 amide bonds. The van der Waals surface area contributed by atoms with Crippen molar-refractivity contribution in [2.75, 3.05) is 33.7 Å². The number of hydrogen-bond acceptors (Lipinski definition) is 6. The van der Waals surface area contributed by atoms with Gasteiger partial charge in [0.2, 0.25) is 5.60 Å². The van der Waals surface area contributed by atoms with Crippen LogP contribution in [0.25, 0.3) is 10.8 Å². The lowest BCUT2D eigenvalue weighted by Gasteiger charge is -2.55. The number of likely N-dealkylation sites (N-methyl/N-ethyl adjacent to an activating group) is 2. The van der Waals surface area contributed by atoms with Crippen molar-refractivity contribution < 1.29 is 14.4 Å². The number of Topliss-reactive ketones (excluding diaryl/α,β-unsaturated/α-hetero) is 2. The fourth-order valence-electron chi connectivity index (χ4n) is 9.84. The fourth-order valence-corrected chi connectivity index (χ4v) is 10.2. The van der Waals surface area contributed by atoms with E-state index in [-0.39, 0.29) is 24.0 Å². The first-order valence-corrected chi connectivity index (χ1v) is 17.8. The highest BCUT2D eigenvalue weighted by molar-refractivity contribution is 6.31. The van der Waals surface area contributed by atoms with E-state index >= 15 is 9.59 Å². The molecule has 1 unspecified atom stereocenters. The van der Waals surface area contributed by atoms with Crippen LogP contribution in [0.2, 0.25) is 15.1 Å². The molecule has 4 aliphatic rings. The van der Waals surface area contributed by atoms with E-state index in [4.69, 9.17) is 44.8 Å². The third-order valence-electron chi connectivity index (χ3n) is 11.6. The van der Waals surface area contributed by atoms with Crippen LogP contribution in [-0.4, -0.2) is 66.4 Å². The van der Waals surface area contributed by atoms with Gasteiger partial charge in [-0.2, -0.15) is 0 Å². The number of likely N-dealkylation sites (tertiary alicyclic amines) is 2. The zero-order valence-corrected chi connectivity index (χ0v) is 29.6. The Morgan fingerprint density at radius 2 is 1.34 bits per heavy atom. The summed E-state index contributed by atoms with van der Waals surface area (Å²) in [5.74, 6) is -1.21. The number of piperidine rings is 1. The van der Waals surface area contributed by atoms with E-state index in [9.17, 15) is 0 Å². The molecule has 3 aliphatic heterocycles. The van der Waals surface area contributed by atoms with Crippen molar-refractivity contribution in [1.29, 1.82) is 0 Å². The van der Waals surface area contributed by atoms with Crippen molar-refractivity contribution in [1.82, 2.24) is 9.80 Å². The maximum absolute atomic E-state index is 16.5. The quantitative estimate of drug-likeness (QED) is 0.188. The van der Waals surface area contributed by atoms with Crippen molar-refractivity contribution in [2.24, 2.45) is 10.6 Å². The standard InChI is InChI=1S/C41H32Cl3N3O3/c1-46-22-39(38(49)40(23-46)35(26-11-17-29(43)18-12-26)36(45-50-40)27-13-19-30(44)20-14-27)33(24-9-15-28(42)16-10-24)21-47(2)41(39)32-8-4-6-25-5-3-7-31(34(25)32)37(41)48/h3-20,33,35H,21-23H2,1-2H3/t33-,35+,39+,40?,41+/m1/s1. The van der Waals surface area contributed by atoms with E-state index < -0.39 is 22.5 Å². The summed E-state index contributed by atoms with van der Waals surface area (Å²) in [7, 11) is 3.99. The molecule has 0 bridgehead atoms. The van der Waals surface area contributed by atoms with Gasteiger partial charge < -0.3 is 9.74 Å². The predicted molar refractivity (Wildman–Crippen MR) is 198 cm³/mol. The van der Waals surface area contributed by atoms with Crippen LogP contribution in [0.1, 0.15) is 44.4 Å². The molecular formula is C41H32Cl3N3O3. The van der Waals surface area contributed by atoms with Crippen LogP contribution < -0.4 is 0 Å².